The first-order valence-corrected chi connectivity index (χ1v) is 8.95. The summed E-state index contributed by atoms with van der Waals surface area (Å²) in [6, 6.07) is 0. The van der Waals surface area contributed by atoms with Gasteiger partial charge in [0.25, 0.3) is 0 Å². The highest BCUT2D eigenvalue weighted by atomic mass is 16.5. The van der Waals surface area contributed by atoms with E-state index in [0.717, 1.165) is 24.4 Å². The van der Waals surface area contributed by atoms with Crippen molar-refractivity contribution in [1.82, 2.24) is 0 Å². The Labute approximate surface area is 120 Å². The van der Waals surface area contributed by atoms with Crippen LogP contribution in [0.5, 0.6) is 0 Å². The molecule has 0 atom stereocenters. The molecule has 0 saturated heterocycles. The van der Waals surface area contributed by atoms with Crippen molar-refractivity contribution < 1.29 is 4.74 Å². The van der Waals surface area contributed by atoms with Gasteiger partial charge in [-0.3, -0.25) is 0 Å². The zero-order valence-corrected chi connectivity index (χ0v) is 13.2. The van der Waals surface area contributed by atoms with Crippen molar-refractivity contribution in [3.05, 3.63) is 0 Å². The van der Waals surface area contributed by atoms with Crippen LogP contribution in [-0.2, 0) is 4.74 Å². The van der Waals surface area contributed by atoms with Gasteiger partial charge < -0.3 is 4.74 Å². The monoisotopic (exact) mass is 266 g/mol. The smallest absolute Gasteiger partial charge is 0.0575 e. The van der Waals surface area contributed by atoms with E-state index in [-0.39, 0.29) is 0 Å². The second-order valence-electron chi connectivity index (χ2n) is 6.95. The van der Waals surface area contributed by atoms with Crippen molar-refractivity contribution in [2.24, 2.45) is 17.8 Å². The van der Waals surface area contributed by atoms with Gasteiger partial charge in [0.15, 0.2) is 0 Å². The fraction of sp³-hybridized carbons (Fsp3) is 1.00. The van der Waals surface area contributed by atoms with Gasteiger partial charge >= 0.3 is 0 Å². The van der Waals surface area contributed by atoms with Gasteiger partial charge in [-0.15, -0.1) is 0 Å². The first-order valence-electron chi connectivity index (χ1n) is 8.95. The molecule has 2 aliphatic carbocycles. The van der Waals surface area contributed by atoms with Crippen LogP contribution in [0.15, 0.2) is 0 Å². The van der Waals surface area contributed by atoms with Gasteiger partial charge in [0.1, 0.15) is 0 Å². The van der Waals surface area contributed by atoms with Crippen LogP contribution >= 0.6 is 0 Å². The van der Waals surface area contributed by atoms with E-state index in [4.69, 9.17) is 4.74 Å². The predicted octanol–water partition coefficient (Wildman–Crippen LogP) is 5.58. The van der Waals surface area contributed by atoms with E-state index in [1.165, 1.54) is 70.6 Å². The number of rotatable bonds is 6. The number of unbranched alkanes of at least 4 members (excludes halogenated alkanes) is 1. The molecule has 19 heavy (non-hydrogen) atoms. The second kappa shape index (κ2) is 8.29. The first kappa shape index (κ1) is 15.4. The lowest BCUT2D eigenvalue weighted by molar-refractivity contribution is 0.00586. The molecule has 2 rings (SSSR count). The average molecular weight is 266 g/mol. The van der Waals surface area contributed by atoms with Crippen LogP contribution in [0.4, 0.5) is 0 Å². The average Bonchev–Trinajstić information content (AvgIpc) is 2.48. The van der Waals surface area contributed by atoms with E-state index in [9.17, 15) is 0 Å². The number of hydrogen-bond donors (Lipinski definition) is 0. The lowest BCUT2D eigenvalue weighted by atomic mass is 9.70. The minimum Gasteiger partial charge on any atom is -0.378 e. The standard InChI is InChI=1S/C18H34O/c1-3-5-14-19-18-12-10-17(11-13-18)16-8-6-15(4-2)7-9-16/h15-18H,3-14H2,1-2H3. The summed E-state index contributed by atoms with van der Waals surface area (Å²) in [5, 5.41) is 0. The van der Waals surface area contributed by atoms with Crippen LogP contribution in [0.3, 0.4) is 0 Å². The van der Waals surface area contributed by atoms with Gasteiger partial charge in [-0.25, -0.2) is 0 Å². The van der Waals surface area contributed by atoms with Crippen molar-refractivity contribution in [3.8, 4) is 0 Å². The normalized spacial score (nSPS) is 36.3. The van der Waals surface area contributed by atoms with E-state index in [1.807, 2.05) is 0 Å². The number of ether oxygens (including phenoxy) is 1. The van der Waals surface area contributed by atoms with Gasteiger partial charge in [0.05, 0.1) is 6.10 Å². The molecule has 0 bridgehead atoms. The summed E-state index contributed by atoms with van der Waals surface area (Å²) in [4.78, 5) is 0. The summed E-state index contributed by atoms with van der Waals surface area (Å²) in [6.45, 7) is 5.60. The van der Waals surface area contributed by atoms with Crippen LogP contribution in [-0.4, -0.2) is 12.7 Å². The lowest BCUT2D eigenvalue weighted by Gasteiger charge is -2.37. The zero-order valence-electron chi connectivity index (χ0n) is 13.2. The SMILES string of the molecule is CCCCOC1CCC(C2CCC(CC)CC2)CC1. The minimum absolute atomic E-state index is 0.592. The third-order valence-corrected chi connectivity index (χ3v) is 5.71. The van der Waals surface area contributed by atoms with Crippen molar-refractivity contribution in [2.75, 3.05) is 6.61 Å². The first-order chi connectivity index (χ1) is 9.33. The molecule has 0 unspecified atom stereocenters. The van der Waals surface area contributed by atoms with Crippen molar-refractivity contribution in [2.45, 2.75) is 90.6 Å². The lowest BCUT2D eigenvalue weighted by Crippen LogP contribution is -2.28. The Balaban J connectivity index is 1.63. The highest BCUT2D eigenvalue weighted by Crippen LogP contribution is 2.41. The van der Waals surface area contributed by atoms with Crippen LogP contribution < -0.4 is 0 Å². The molecule has 2 aliphatic rings. The van der Waals surface area contributed by atoms with Gasteiger partial charge in [-0.1, -0.05) is 39.5 Å². The van der Waals surface area contributed by atoms with Crippen molar-refractivity contribution >= 4 is 0 Å². The Morgan fingerprint density at radius 1 is 0.789 bits per heavy atom. The van der Waals surface area contributed by atoms with E-state index >= 15 is 0 Å². The molecule has 0 heterocycles. The maximum absolute atomic E-state index is 5.99. The maximum atomic E-state index is 5.99. The summed E-state index contributed by atoms with van der Waals surface area (Å²) < 4.78 is 5.99. The van der Waals surface area contributed by atoms with Gasteiger partial charge in [-0.05, 0) is 62.7 Å². The van der Waals surface area contributed by atoms with Gasteiger partial charge in [-0.2, -0.15) is 0 Å². The van der Waals surface area contributed by atoms with E-state index < -0.39 is 0 Å². The predicted molar refractivity (Wildman–Crippen MR) is 82.3 cm³/mol. The van der Waals surface area contributed by atoms with Crippen LogP contribution in [0.25, 0.3) is 0 Å². The molecule has 2 saturated carbocycles. The van der Waals surface area contributed by atoms with E-state index in [1.54, 1.807) is 0 Å². The molecular weight excluding hydrogens is 232 g/mol. The Bertz CT molecular complexity index is 222. The molecule has 2 fully saturated rings. The fourth-order valence-corrected chi connectivity index (χ4v) is 4.19. The Morgan fingerprint density at radius 2 is 1.37 bits per heavy atom. The quantitative estimate of drug-likeness (QED) is 0.570. The molecule has 1 heteroatoms. The maximum Gasteiger partial charge on any atom is 0.0575 e. The summed E-state index contributed by atoms with van der Waals surface area (Å²) in [5.41, 5.74) is 0. The molecule has 0 aromatic rings. The molecule has 1 nitrogen and oxygen atoms in total. The summed E-state index contributed by atoms with van der Waals surface area (Å²) in [6.07, 6.45) is 16.1. The molecular formula is C18H34O. The molecule has 0 spiro atoms. The van der Waals surface area contributed by atoms with Crippen LogP contribution in [0, 0.1) is 17.8 Å². The van der Waals surface area contributed by atoms with E-state index in [2.05, 4.69) is 13.8 Å². The summed E-state index contributed by atoms with van der Waals surface area (Å²) >= 11 is 0. The Hall–Kier alpha value is -0.0400. The zero-order chi connectivity index (χ0) is 13.5. The molecule has 0 amide bonds. The van der Waals surface area contributed by atoms with Gasteiger partial charge in [0.2, 0.25) is 0 Å². The third kappa shape index (κ3) is 4.77. The highest BCUT2D eigenvalue weighted by molar-refractivity contribution is 4.82. The summed E-state index contributed by atoms with van der Waals surface area (Å²) in [5.74, 6) is 3.13. The fourth-order valence-electron chi connectivity index (χ4n) is 4.19. The number of hydrogen-bond acceptors (Lipinski definition) is 1. The molecule has 0 radical (unpaired) electrons. The molecule has 112 valence electrons. The molecule has 0 aromatic carbocycles. The highest BCUT2D eigenvalue weighted by Gasteiger charge is 2.30. The van der Waals surface area contributed by atoms with Gasteiger partial charge in [0, 0.05) is 6.61 Å². The Kier molecular flexibility index (Phi) is 6.70. The molecule has 0 aliphatic heterocycles. The van der Waals surface area contributed by atoms with Crippen molar-refractivity contribution in [3.63, 3.8) is 0 Å². The third-order valence-electron chi connectivity index (χ3n) is 5.71. The Morgan fingerprint density at radius 3 is 1.89 bits per heavy atom. The summed E-state index contributed by atoms with van der Waals surface area (Å²) in [7, 11) is 0. The largest absolute Gasteiger partial charge is 0.378 e. The molecule has 0 aromatic heterocycles. The van der Waals surface area contributed by atoms with Crippen molar-refractivity contribution in [1.29, 1.82) is 0 Å². The second-order valence-corrected chi connectivity index (χ2v) is 6.95. The molecule has 0 N–H and O–H groups in total. The van der Waals surface area contributed by atoms with E-state index in [0.29, 0.717) is 6.10 Å². The minimum atomic E-state index is 0.592. The van der Waals surface area contributed by atoms with Crippen LogP contribution in [0.1, 0.15) is 84.5 Å². The van der Waals surface area contributed by atoms with Crippen LogP contribution in [0.2, 0.25) is 0 Å². The topological polar surface area (TPSA) is 9.23 Å².